The molecule has 1 N–H and O–H groups in total. The van der Waals surface area contributed by atoms with E-state index in [4.69, 9.17) is 21.1 Å². The molecule has 0 aliphatic carbocycles. The van der Waals surface area contributed by atoms with Crippen molar-refractivity contribution in [3.63, 3.8) is 0 Å². The van der Waals surface area contributed by atoms with Gasteiger partial charge in [0.15, 0.2) is 0 Å². The van der Waals surface area contributed by atoms with Gasteiger partial charge in [0, 0.05) is 5.02 Å². The monoisotopic (exact) mass is 374 g/mol. The lowest BCUT2D eigenvalue weighted by atomic mass is 10.1. The van der Waals surface area contributed by atoms with Crippen LogP contribution in [0.15, 0.2) is 47.6 Å². The number of nitrogens with zero attached hydrogens (tertiary/aromatic N) is 1. The molecule has 0 atom stereocenters. The van der Waals surface area contributed by atoms with E-state index in [0.29, 0.717) is 22.9 Å². The van der Waals surface area contributed by atoms with E-state index < -0.39 is 0 Å². The van der Waals surface area contributed by atoms with E-state index in [0.717, 1.165) is 24.2 Å². The van der Waals surface area contributed by atoms with Crippen LogP contribution in [0.4, 0.5) is 0 Å². The van der Waals surface area contributed by atoms with Gasteiger partial charge in [0.25, 0.3) is 0 Å². The predicted octanol–water partition coefficient (Wildman–Crippen LogP) is 4.22. The van der Waals surface area contributed by atoms with Gasteiger partial charge in [-0.15, -0.1) is 0 Å². The van der Waals surface area contributed by atoms with Crippen LogP contribution in [0, 0.1) is 0 Å². The van der Waals surface area contributed by atoms with E-state index >= 15 is 0 Å². The molecule has 0 unspecified atom stereocenters. The fourth-order valence-electron chi connectivity index (χ4n) is 2.22. The average Bonchev–Trinajstić information content (AvgIpc) is 2.64. The third-order valence-electron chi connectivity index (χ3n) is 3.63. The van der Waals surface area contributed by atoms with Gasteiger partial charge in [0.05, 0.1) is 26.4 Å². The number of amides is 1. The number of methoxy groups -OCH3 is 1. The summed E-state index contributed by atoms with van der Waals surface area (Å²) >= 11 is 6.11. The third-order valence-corrected chi connectivity index (χ3v) is 4.00. The van der Waals surface area contributed by atoms with Crippen molar-refractivity contribution in [1.82, 2.24) is 5.43 Å². The van der Waals surface area contributed by atoms with Crippen molar-refractivity contribution in [2.75, 3.05) is 13.7 Å². The highest BCUT2D eigenvalue weighted by Crippen LogP contribution is 2.22. The van der Waals surface area contributed by atoms with Gasteiger partial charge in [-0.05, 0) is 47.9 Å². The second-order valence-corrected chi connectivity index (χ2v) is 6.11. The Morgan fingerprint density at radius 3 is 2.85 bits per heavy atom. The molecule has 0 saturated heterocycles. The van der Waals surface area contributed by atoms with Gasteiger partial charge >= 0.3 is 0 Å². The summed E-state index contributed by atoms with van der Waals surface area (Å²) in [7, 11) is 1.57. The lowest BCUT2D eigenvalue weighted by Crippen LogP contribution is -2.20. The number of carbonyl (C=O) groups is 1. The quantitative estimate of drug-likeness (QED) is 0.406. The Bertz CT molecular complexity index is 762. The maximum absolute atomic E-state index is 12.0. The minimum absolute atomic E-state index is 0.119. The van der Waals surface area contributed by atoms with E-state index in [1.807, 2.05) is 24.3 Å². The second kappa shape index (κ2) is 10.5. The number of rotatable bonds is 9. The number of hydrogen-bond donors (Lipinski definition) is 1. The maximum atomic E-state index is 12.0. The van der Waals surface area contributed by atoms with Crippen molar-refractivity contribution in [3.05, 3.63) is 58.6 Å². The molecule has 0 aliphatic heterocycles. The van der Waals surface area contributed by atoms with Crippen LogP contribution in [-0.4, -0.2) is 25.8 Å². The van der Waals surface area contributed by atoms with Crippen molar-refractivity contribution in [1.29, 1.82) is 0 Å². The van der Waals surface area contributed by atoms with E-state index in [9.17, 15) is 4.79 Å². The highest BCUT2D eigenvalue weighted by molar-refractivity contribution is 6.31. The summed E-state index contributed by atoms with van der Waals surface area (Å²) < 4.78 is 10.8. The topological polar surface area (TPSA) is 59.9 Å². The summed E-state index contributed by atoms with van der Waals surface area (Å²) in [6.45, 7) is 2.81. The summed E-state index contributed by atoms with van der Waals surface area (Å²) in [6, 6.07) is 12.7. The number of ether oxygens (including phenoxy) is 2. The molecule has 2 aromatic rings. The van der Waals surface area contributed by atoms with Gasteiger partial charge in [-0.2, -0.15) is 5.10 Å². The molecular formula is C20H23ClN2O3. The predicted molar refractivity (Wildman–Crippen MR) is 104 cm³/mol. The molecule has 138 valence electrons. The Balaban J connectivity index is 1.90. The highest BCUT2D eigenvalue weighted by Gasteiger charge is 2.08. The van der Waals surface area contributed by atoms with Crippen LogP contribution in [0.25, 0.3) is 0 Å². The number of hydrogen-bond acceptors (Lipinski definition) is 4. The number of carbonyl (C=O) groups excluding carboxylic acids is 1. The first-order chi connectivity index (χ1) is 12.6. The molecule has 0 spiro atoms. The van der Waals surface area contributed by atoms with E-state index in [-0.39, 0.29) is 12.3 Å². The zero-order chi connectivity index (χ0) is 18.8. The van der Waals surface area contributed by atoms with Gasteiger partial charge in [0.2, 0.25) is 5.91 Å². The van der Waals surface area contributed by atoms with Crippen LogP contribution < -0.4 is 14.9 Å². The molecule has 0 fully saturated rings. The molecule has 2 rings (SSSR count). The number of nitrogens with one attached hydrogen (secondary N) is 1. The Kier molecular flexibility index (Phi) is 7.96. The van der Waals surface area contributed by atoms with Gasteiger partial charge in [0.1, 0.15) is 11.5 Å². The zero-order valence-corrected chi connectivity index (χ0v) is 15.8. The Morgan fingerprint density at radius 2 is 2.08 bits per heavy atom. The minimum Gasteiger partial charge on any atom is -0.497 e. The Morgan fingerprint density at radius 1 is 1.23 bits per heavy atom. The number of benzene rings is 2. The fourth-order valence-corrected chi connectivity index (χ4v) is 2.41. The summed E-state index contributed by atoms with van der Waals surface area (Å²) in [6.07, 6.45) is 3.80. The SMILES string of the molecule is CCCCOc1cccc(/C=N/NC(=O)Cc2cc(OC)ccc2Cl)c1. The molecule has 2 aromatic carbocycles. The molecule has 0 radical (unpaired) electrons. The minimum atomic E-state index is -0.258. The van der Waals surface area contributed by atoms with Gasteiger partial charge in [-0.3, -0.25) is 4.79 Å². The highest BCUT2D eigenvalue weighted by atomic mass is 35.5. The first-order valence-electron chi connectivity index (χ1n) is 8.49. The van der Waals surface area contributed by atoms with Gasteiger partial charge < -0.3 is 9.47 Å². The summed E-state index contributed by atoms with van der Waals surface area (Å²) in [4.78, 5) is 12.0. The van der Waals surface area contributed by atoms with Crippen molar-refractivity contribution >= 4 is 23.7 Å². The standard InChI is InChI=1S/C20H23ClN2O3/c1-3-4-10-26-18-7-5-6-15(11-18)14-22-23-20(24)13-16-12-17(25-2)8-9-19(16)21/h5-9,11-12,14H,3-4,10,13H2,1-2H3,(H,23,24)/b22-14+. The van der Waals surface area contributed by atoms with Crippen molar-refractivity contribution in [2.45, 2.75) is 26.2 Å². The fraction of sp³-hybridized carbons (Fsp3) is 0.300. The number of unbranched alkanes of at least 4 members (excludes halogenated alkanes) is 1. The molecule has 0 heterocycles. The number of halogens is 1. The molecule has 0 bridgehead atoms. The average molecular weight is 375 g/mol. The van der Waals surface area contributed by atoms with Gasteiger partial charge in [-0.25, -0.2) is 5.43 Å². The molecule has 0 saturated carbocycles. The summed E-state index contributed by atoms with van der Waals surface area (Å²) in [5.41, 5.74) is 4.04. The van der Waals surface area contributed by atoms with Crippen LogP contribution in [0.3, 0.4) is 0 Å². The van der Waals surface area contributed by atoms with E-state index in [2.05, 4.69) is 17.5 Å². The zero-order valence-electron chi connectivity index (χ0n) is 15.0. The summed E-state index contributed by atoms with van der Waals surface area (Å²) in [5.74, 6) is 1.18. The van der Waals surface area contributed by atoms with Crippen molar-refractivity contribution < 1.29 is 14.3 Å². The molecule has 0 aliphatic rings. The molecule has 0 aromatic heterocycles. The van der Waals surface area contributed by atoms with Crippen LogP contribution in [0.2, 0.25) is 5.02 Å². The van der Waals surface area contributed by atoms with Crippen LogP contribution in [-0.2, 0) is 11.2 Å². The van der Waals surface area contributed by atoms with Crippen LogP contribution >= 0.6 is 11.6 Å². The molecular weight excluding hydrogens is 352 g/mol. The summed E-state index contributed by atoms with van der Waals surface area (Å²) in [5, 5.41) is 4.51. The Hall–Kier alpha value is -2.53. The first-order valence-corrected chi connectivity index (χ1v) is 8.87. The van der Waals surface area contributed by atoms with E-state index in [1.54, 1.807) is 31.5 Å². The Labute approximate surface area is 159 Å². The maximum Gasteiger partial charge on any atom is 0.244 e. The molecule has 6 heteroatoms. The van der Waals surface area contributed by atoms with Crippen LogP contribution in [0.1, 0.15) is 30.9 Å². The normalized spacial score (nSPS) is 10.7. The van der Waals surface area contributed by atoms with Crippen LogP contribution in [0.5, 0.6) is 11.5 Å². The molecule has 1 amide bonds. The van der Waals surface area contributed by atoms with Gasteiger partial charge in [-0.1, -0.05) is 37.1 Å². The first kappa shape index (κ1) is 19.8. The lowest BCUT2D eigenvalue weighted by Gasteiger charge is -2.06. The third kappa shape index (κ3) is 6.41. The molecule has 26 heavy (non-hydrogen) atoms. The van der Waals surface area contributed by atoms with Crippen molar-refractivity contribution in [2.24, 2.45) is 5.10 Å². The second-order valence-electron chi connectivity index (χ2n) is 5.70. The molecule has 5 nitrogen and oxygen atoms in total. The smallest absolute Gasteiger partial charge is 0.244 e. The number of hydrazone groups is 1. The van der Waals surface area contributed by atoms with Crippen molar-refractivity contribution in [3.8, 4) is 11.5 Å². The lowest BCUT2D eigenvalue weighted by molar-refractivity contribution is -0.120. The van der Waals surface area contributed by atoms with E-state index in [1.165, 1.54) is 0 Å². The largest absolute Gasteiger partial charge is 0.497 e.